The zero-order valence-electron chi connectivity index (χ0n) is 10.2. The molecule has 0 saturated heterocycles. The summed E-state index contributed by atoms with van der Waals surface area (Å²) in [6.45, 7) is -0.257. The van der Waals surface area contributed by atoms with Crippen LogP contribution in [0.15, 0.2) is 51.8 Å². The molecular formula is C13H11BrFNO3S. The standard InChI is InChI=1S/C13H11BrFNO3S/c14-12-5-4-10(15)7-13(12)16-20(18,19)11-3-1-2-9(6-11)8-17/h1-7,16-17H,8H2. The van der Waals surface area contributed by atoms with Crippen LogP contribution < -0.4 is 4.72 Å². The molecule has 4 nitrogen and oxygen atoms in total. The monoisotopic (exact) mass is 359 g/mol. The van der Waals surface area contributed by atoms with E-state index in [2.05, 4.69) is 20.7 Å². The summed E-state index contributed by atoms with van der Waals surface area (Å²) in [5, 5.41) is 9.03. The lowest BCUT2D eigenvalue weighted by atomic mass is 10.2. The van der Waals surface area contributed by atoms with Crippen LogP contribution in [-0.4, -0.2) is 13.5 Å². The van der Waals surface area contributed by atoms with Gasteiger partial charge in [0.15, 0.2) is 0 Å². The maximum absolute atomic E-state index is 13.2. The molecule has 2 aromatic carbocycles. The molecule has 0 atom stereocenters. The summed E-state index contributed by atoms with van der Waals surface area (Å²) < 4.78 is 40.3. The van der Waals surface area contributed by atoms with Crippen molar-refractivity contribution in [2.45, 2.75) is 11.5 Å². The van der Waals surface area contributed by atoms with Gasteiger partial charge in [0.25, 0.3) is 10.0 Å². The number of hydrogen-bond donors (Lipinski definition) is 2. The second kappa shape index (κ2) is 5.90. The van der Waals surface area contributed by atoms with Crippen LogP contribution in [0, 0.1) is 5.82 Å². The Hall–Kier alpha value is -1.44. The average Bonchev–Trinajstić information content (AvgIpc) is 2.43. The third-order valence-corrected chi connectivity index (χ3v) is 4.62. The molecule has 0 aliphatic carbocycles. The van der Waals surface area contributed by atoms with Gasteiger partial charge in [-0.25, -0.2) is 12.8 Å². The maximum Gasteiger partial charge on any atom is 0.261 e. The minimum Gasteiger partial charge on any atom is -0.392 e. The number of sulfonamides is 1. The van der Waals surface area contributed by atoms with Crippen molar-refractivity contribution in [2.24, 2.45) is 0 Å². The fourth-order valence-corrected chi connectivity index (χ4v) is 3.21. The van der Waals surface area contributed by atoms with Gasteiger partial charge in [0.1, 0.15) is 5.82 Å². The fourth-order valence-electron chi connectivity index (χ4n) is 1.59. The predicted octanol–water partition coefficient (Wildman–Crippen LogP) is 2.88. The fraction of sp³-hybridized carbons (Fsp3) is 0.0769. The van der Waals surface area contributed by atoms with Crippen LogP contribution in [0.4, 0.5) is 10.1 Å². The Bertz CT molecular complexity index is 734. The Kier molecular flexibility index (Phi) is 4.42. The third-order valence-electron chi connectivity index (χ3n) is 2.56. The van der Waals surface area contributed by atoms with Gasteiger partial charge in [-0.05, 0) is 51.8 Å². The van der Waals surface area contributed by atoms with E-state index in [0.29, 0.717) is 10.0 Å². The van der Waals surface area contributed by atoms with Gasteiger partial charge < -0.3 is 5.11 Å². The molecule has 0 unspecified atom stereocenters. The lowest BCUT2D eigenvalue weighted by Gasteiger charge is -2.10. The van der Waals surface area contributed by atoms with Crippen molar-refractivity contribution in [1.82, 2.24) is 0 Å². The molecule has 2 rings (SSSR count). The van der Waals surface area contributed by atoms with Gasteiger partial charge in [0.05, 0.1) is 17.2 Å². The van der Waals surface area contributed by atoms with E-state index >= 15 is 0 Å². The van der Waals surface area contributed by atoms with Gasteiger partial charge in [-0.1, -0.05) is 12.1 Å². The average molecular weight is 360 g/mol. The topological polar surface area (TPSA) is 66.4 Å². The molecule has 0 aliphatic heterocycles. The zero-order chi connectivity index (χ0) is 14.8. The van der Waals surface area contributed by atoms with E-state index in [0.717, 1.165) is 6.07 Å². The van der Waals surface area contributed by atoms with Crippen molar-refractivity contribution >= 4 is 31.6 Å². The van der Waals surface area contributed by atoms with Crippen LogP contribution >= 0.6 is 15.9 Å². The number of nitrogens with one attached hydrogen (secondary N) is 1. The highest BCUT2D eigenvalue weighted by molar-refractivity contribution is 9.10. The van der Waals surface area contributed by atoms with Crippen molar-refractivity contribution in [3.63, 3.8) is 0 Å². The number of anilines is 1. The summed E-state index contributed by atoms with van der Waals surface area (Å²) in [4.78, 5) is 0.000196. The SMILES string of the molecule is O=S(=O)(Nc1cc(F)ccc1Br)c1cccc(CO)c1. The molecule has 0 fully saturated rings. The molecule has 106 valence electrons. The summed E-state index contributed by atoms with van der Waals surface area (Å²) in [5.41, 5.74) is 0.589. The molecule has 0 spiro atoms. The summed E-state index contributed by atoms with van der Waals surface area (Å²) in [7, 11) is -3.84. The van der Waals surface area contributed by atoms with Crippen LogP contribution in [0.2, 0.25) is 0 Å². The van der Waals surface area contributed by atoms with Gasteiger partial charge in [-0.3, -0.25) is 4.72 Å². The van der Waals surface area contributed by atoms with E-state index in [4.69, 9.17) is 5.11 Å². The van der Waals surface area contributed by atoms with Crippen molar-refractivity contribution in [1.29, 1.82) is 0 Å². The molecular weight excluding hydrogens is 349 g/mol. The first kappa shape index (κ1) is 15.0. The number of benzene rings is 2. The van der Waals surface area contributed by atoms with Crippen LogP contribution in [0.5, 0.6) is 0 Å². The Morgan fingerprint density at radius 3 is 2.65 bits per heavy atom. The highest BCUT2D eigenvalue weighted by Gasteiger charge is 2.16. The number of rotatable bonds is 4. The largest absolute Gasteiger partial charge is 0.392 e. The van der Waals surface area contributed by atoms with E-state index < -0.39 is 15.8 Å². The van der Waals surface area contributed by atoms with Crippen LogP contribution in [0.1, 0.15) is 5.56 Å². The van der Waals surface area contributed by atoms with Gasteiger partial charge in [0, 0.05) is 4.47 Å². The summed E-state index contributed by atoms with van der Waals surface area (Å²) >= 11 is 3.15. The van der Waals surface area contributed by atoms with Crippen LogP contribution in [0.3, 0.4) is 0 Å². The zero-order valence-corrected chi connectivity index (χ0v) is 12.6. The van der Waals surface area contributed by atoms with Crippen molar-refractivity contribution < 1.29 is 17.9 Å². The molecule has 0 bridgehead atoms. The van der Waals surface area contributed by atoms with E-state index in [1.165, 1.54) is 30.3 Å². The predicted molar refractivity (Wildman–Crippen MR) is 77.3 cm³/mol. The number of aliphatic hydroxyl groups excluding tert-OH is 1. The molecule has 20 heavy (non-hydrogen) atoms. The number of hydrogen-bond acceptors (Lipinski definition) is 3. The van der Waals surface area contributed by atoms with Gasteiger partial charge >= 0.3 is 0 Å². The summed E-state index contributed by atoms with van der Waals surface area (Å²) in [6, 6.07) is 9.60. The normalized spacial score (nSPS) is 11.3. The lowest BCUT2D eigenvalue weighted by molar-refractivity contribution is 0.281. The molecule has 7 heteroatoms. The third kappa shape index (κ3) is 3.36. The second-order valence-corrected chi connectivity index (χ2v) is 6.57. The van der Waals surface area contributed by atoms with Crippen molar-refractivity contribution in [2.75, 3.05) is 4.72 Å². The molecule has 0 saturated carbocycles. The van der Waals surface area contributed by atoms with Gasteiger partial charge in [-0.2, -0.15) is 0 Å². The highest BCUT2D eigenvalue weighted by atomic mass is 79.9. The quantitative estimate of drug-likeness (QED) is 0.881. The molecule has 0 heterocycles. The van der Waals surface area contributed by atoms with Gasteiger partial charge in [-0.15, -0.1) is 0 Å². The Labute approximate surface area is 124 Å². The van der Waals surface area contributed by atoms with Crippen LogP contribution in [-0.2, 0) is 16.6 Å². The minimum atomic E-state index is -3.84. The second-order valence-electron chi connectivity index (χ2n) is 4.04. The van der Waals surface area contributed by atoms with Gasteiger partial charge in [0.2, 0.25) is 0 Å². The van der Waals surface area contributed by atoms with E-state index in [9.17, 15) is 12.8 Å². The molecule has 2 aromatic rings. The lowest BCUT2D eigenvalue weighted by Crippen LogP contribution is -2.13. The Morgan fingerprint density at radius 1 is 1.20 bits per heavy atom. The highest BCUT2D eigenvalue weighted by Crippen LogP contribution is 2.26. The van der Waals surface area contributed by atoms with Crippen molar-refractivity contribution in [3.05, 3.63) is 58.3 Å². The van der Waals surface area contributed by atoms with E-state index in [-0.39, 0.29) is 17.2 Å². The first-order chi connectivity index (χ1) is 9.42. The first-order valence-corrected chi connectivity index (χ1v) is 7.87. The summed E-state index contributed by atoms with van der Waals surface area (Å²) in [5.74, 6) is -0.546. The van der Waals surface area contributed by atoms with E-state index in [1.807, 2.05) is 0 Å². The smallest absolute Gasteiger partial charge is 0.261 e. The molecule has 0 aliphatic rings. The Morgan fingerprint density at radius 2 is 1.95 bits per heavy atom. The van der Waals surface area contributed by atoms with Crippen molar-refractivity contribution in [3.8, 4) is 0 Å². The van der Waals surface area contributed by atoms with E-state index in [1.54, 1.807) is 6.07 Å². The maximum atomic E-state index is 13.2. The first-order valence-electron chi connectivity index (χ1n) is 5.60. The Balaban J connectivity index is 2.38. The minimum absolute atomic E-state index is 0.000196. The molecule has 0 amide bonds. The van der Waals surface area contributed by atoms with Crippen LogP contribution in [0.25, 0.3) is 0 Å². The number of halogens is 2. The number of aliphatic hydroxyl groups is 1. The molecule has 0 radical (unpaired) electrons. The summed E-state index contributed by atoms with van der Waals surface area (Å²) in [6.07, 6.45) is 0. The molecule has 0 aromatic heterocycles. The molecule has 2 N–H and O–H groups in total.